The molecular weight excluding hydrogens is 350 g/mol. The molecule has 6 heteroatoms. The van der Waals surface area contributed by atoms with Gasteiger partial charge in [-0.25, -0.2) is 14.8 Å². The summed E-state index contributed by atoms with van der Waals surface area (Å²) in [4.78, 5) is 25.3. The first-order valence-corrected chi connectivity index (χ1v) is 9.44. The van der Waals surface area contributed by atoms with Crippen molar-refractivity contribution in [2.75, 3.05) is 36.4 Å². The van der Waals surface area contributed by atoms with Crippen LogP contribution in [0.5, 0.6) is 0 Å². The van der Waals surface area contributed by atoms with Crippen LogP contribution in [0.15, 0.2) is 67.0 Å². The van der Waals surface area contributed by atoms with Crippen LogP contribution in [0.25, 0.3) is 11.3 Å². The first-order chi connectivity index (χ1) is 13.7. The number of urea groups is 1. The first-order valence-electron chi connectivity index (χ1n) is 9.44. The van der Waals surface area contributed by atoms with E-state index < -0.39 is 0 Å². The number of hydrogen-bond acceptors (Lipinski definition) is 4. The minimum Gasteiger partial charge on any atom is -0.353 e. The summed E-state index contributed by atoms with van der Waals surface area (Å²) in [6.07, 6.45) is 1.61. The zero-order valence-corrected chi connectivity index (χ0v) is 15.9. The van der Waals surface area contributed by atoms with Crippen LogP contribution in [0.2, 0.25) is 0 Å². The van der Waals surface area contributed by atoms with Crippen LogP contribution in [-0.2, 0) is 0 Å². The van der Waals surface area contributed by atoms with Gasteiger partial charge in [0.05, 0.1) is 5.69 Å². The van der Waals surface area contributed by atoms with Crippen LogP contribution in [0, 0.1) is 6.92 Å². The van der Waals surface area contributed by atoms with Crippen molar-refractivity contribution in [3.8, 4) is 11.3 Å². The number of amides is 2. The first kappa shape index (κ1) is 18.0. The summed E-state index contributed by atoms with van der Waals surface area (Å²) in [5, 5.41) is 2.94. The van der Waals surface area contributed by atoms with Crippen LogP contribution >= 0.6 is 0 Å². The standard InChI is InChI=1S/C22H23N5O/c1-17-7-9-18(10-8-17)20-15-21(24-16-23-20)26-11-13-27(14-12-26)22(28)25-19-5-3-2-4-6-19/h2-10,15-16H,11-14H2,1H3,(H,25,28). The number of nitrogens with one attached hydrogen (secondary N) is 1. The Labute approximate surface area is 164 Å². The molecule has 1 aliphatic rings. The van der Waals surface area contributed by atoms with E-state index in [-0.39, 0.29) is 6.03 Å². The Balaban J connectivity index is 1.39. The zero-order valence-electron chi connectivity index (χ0n) is 15.9. The predicted molar refractivity (Wildman–Crippen MR) is 111 cm³/mol. The van der Waals surface area contributed by atoms with Crippen LogP contribution < -0.4 is 10.2 Å². The number of hydrogen-bond donors (Lipinski definition) is 1. The molecule has 6 nitrogen and oxygen atoms in total. The molecule has 1 fully saturated rings. The molecule has 142 valence electrons. The Kier molecular flexibility index (Phi) is 5.19. The second-order valence-electron chi connectivity index (χ2n) is 6.90. The summed E-state index contributed by atoms with van der Waals surface area (Å²) in [6, 6.07) is 19.8. The molecule has 2 heterocycles. The van der Waals surface area contributed by atoms with Crippen molar-refractivity contribution in [1.82, 2.24) is 14.9 Å². The molecule has 2 aromatic carbocycles. The molecule has 0 aliphatic carbocycles. The maximum absolute atomic E-state index is 12.4. The molecule has 1 aromatic heterocycles. The van der Waals surface area contributed by atoms with Gasteiger partial charge < -0.3 is 15.1 Å². The molecule has 0 atom stereocenters. The summed E-state index contributed by atoms with van der Waals surface area (Å²) in [5.74, 6) is 0.897. The molecule has 0 radical (unpaired) electrons. The second-order valence-corrected chi connectivity index (χ2v) is 6.90. The number of para-hydroxylation sites is 1. The van der Waals surface area contributed by atoms with Gasteiger partial charge in [0.1, 0.15) is 12.1 Å². The van der Waals surface area contributed by atoms with Gasteiger partial charge in [0.25, 0.3) is 0 Å². The van der Waals surface area contributed by atoms with Crippen molar-refractivity contribution < 1.29 is 4.79 Å². The van der Waals surface area contributed by atoms with Crippen LogP contribution in [0.4, 0.5) is 16.3 Å². The highest BCUT2D eigenvalue weighted by Crippen LogP contribution is 2.22. The number of piperazine rings is 1. The SMILES string of the molecule is Cc1ccc(-c2cc(N3CCN(C(=O)Nc4ccccc4)CC3)ncn2)cc1. The zero-order chi connectivity index (χ0) is 19.3. The van der Waals surface area contributed by atoms with E-state index in [1.807, 2.05) is 41.3 Å². The molecule has 0 spiro atoms. The normalized spacial score (nSPS) is 14.0. The van der Waals surface area contributed by atoms with Gasteiger partial charge >= 0.3 is 6.03 Å². The molecule has 0 saturated carbocycles. The maximum Gasteiger partial charge on any atom is 0.321 e. The largest absolute Gasteiger partial charge is 0.353 e. The number of benzene rings is 2. The number of carbonyl (C=O) groups is 1. The van der Waals surface area contributed by atoms with Crippen LogP contribution in [0.1, 0.15) is 5.56 Å². The maximum atomic E-state index is 12.4. The second kappa shape index (κ2) is 8.08. The smallest absolute Gasteiger partial charge is 0.321 e. The monoisotopic (exact) mass is 373 g/mol. The molecule has 1 aliphatic heterocycles. The summed E-state index contributed by atoms with van der Waals surface area (Å²) in [6.45, 7) is 4.87. The summed E-state index contributed by atoms with van der Waals surface area (Å²) in [7, 11) is 0. The third kappa shape index (κ3) is 4.11. The van der Waals surface area contributed by atoms with Gasteiger partial charge in [0.2, 0.25) is 0 Å². The number of carbonyl (C=O) groups excluding carboxylic acids is 1. The third-order valence-corrected chi connectivity index (χ3v) is 4.92. The van der Waals surface area contributed by atoms with Gasteiger partial charge in [-0.2, -0.15) is 0 Å². The van der Waals surface area contributed by atoms with E-state index in [4.69, 9.17) is 0 Å². The van der Waals surface area contributed by atoms with Crippen LogP contribution in [0.3, 0.4) is 0 Å². The van der Waals surface area contributed by atoms with Crippen molar-refractivity contribution >= 4 is 17.5 Å². The van der Waals surface area contributed by atoms with Gasteiger partial charge in [0, 0.05) is 43.5 Å². The van der Waals surface area contributed by atoms with Gasteiger partial charge in [-0.1, -0.05) is 48.0 Å². The average molecular weight is 373 g/mol. The molecule has 3 aromatic rings. The molecule has 0 bridgehead atoms. The lowest BCUT2D eigenvalue weighted by atomic mass is 10.1. The van der Waals surface area contributed by atoms with Gasteiger partial charge in [-0.15, -0.1) is 0 Å². The Bertz CT molecular complexity index is 935. The molecule has 4 rings (SSSR count). The number of nitrogens with zero attached hydrogens (tertiary/aromatic N) is 4. The van der Waals surface area contributed by atoms with Crippen molar-refractivity contribution in [2.24, 2.45) is 0 Å². The molecule has 1 saturated heterocycles. The fourth-order valence-electron chi connectivity index (χ4n) is 3.26. The quantitative estimate of drug-likeness (QED) is 0.758. The Hall–Kier alpha value is -3.41. The average Bonchev–Trinajstić information content (AvgIpc) is 2.75. The predicted octanol–water partition coefficient (Wildman–Crippen LogP) is 3.81. The number of rotatable bonds is 3. The van der Waals surface area contributed by atoms with Gasteiger partial charge in [0.15, 0.2) is 0 Å². The summed E-state index contributed by atoms with van der Waals surface area (Å²) >= 11 is 0. The highest BCUT2D eigenvalue weighted by Gasteiger charge is 2.22. The van der Waals surface area contributed by atoms with E-state index in [2.05, 4.69) is 51.4 Å². The van der Waals surface area contributed by atoms with E-state index in [9.17, 15) is 4.79 Å². The molecule has 0 unspecified atom stereocenters. The van der Waals surface area contributed by atoms with Crippen molar-refractivity contribution in [3.63, 3.8) is 0 Å². The number of aromatic nitrogens is 2. The molecule has 2 amide bonds. The fourth-order valence-corrected chi connectivity index (χ4v) is 3.26. The van der Waals surface area contributed by atoms with Gasteiger partial charge in [-0.3, -0.25) is 0 Å². The highest BCUT2D eigenvalue weighted by molar-refractivity contribution is 5.89. The topological polar surface area (TPSA) is 61.4 Å². The van der Waals surface area contributed by atoms with E-state index in [0.29, 0.717) is 13.1 Å². The van der Waals surface area contributed by atoms with E-state index in [0.717, 1.165) is 35.9 Å². The molecular formula is C22H23N5O. The fraction of sp³-hybridized carbons (Fsp3) is 0.227. The van der Waals surface area contributed by atoms with Crippen molar-refractivity contribution in [2.45, 2.75) is 6.92 Å². The van der Waals surface area contributed by atoms with Crippen LogP contribution in [-0.4, -0.2) is 47.1 Å². The van der Waals surface area contributed by atoms with E-state index in [1.165, 1.54) is 5.56 Å². The van der Waals surface area contributed by atoms with Gasteiger partial charge in [-0.05, 0) is 19.1 Å². The lowest BCUT2D eigenvalue weighted by Gasteiger charge is -2.35. The van der Waals surface area contributed by atoms with Crippen molar-refractivity contribution in [3.05, 3.63) is 72.6 Å². The molecule has 1 N–H and O–H groups in total. The lowest BCUT2D eigenvalue weighted by molar-refractivity contribution is 0.208. The number of anilines is 2. The minimum absolute atomic E-state index is 0.0612. The summed E-state index contributed by atoms with van der Waals surface area (Å²) in [5.41, 5.74) is 4.03. The highest BCUT2D eigenvalue weighted by atomic mass is 16.2. The van der Waals surface area contributed by atoms with E-state index in [1.54, 1.807) is 6.33 Å². The van der Waals surface area contributed by atoms with E-state index >= 15 is 0 Å². The Morgan fingerprint density at radius 2 is 1.64 bits per heavy atom. The Morgan fingerprint density at radius 3 is 2.36 bits per heavy atom. The number of aryl methyl sites for hydroxylation is 1. The Morgan fingerprint density at radius 1 is 0.929 bits per heavy atom. The van der Waals surface area contributed by atoms with Crippen molar-refractivity contribution in [1.29, 1.82) is 0 Å². The molecule has 28 heavy (non-hydrogen) atoms. The lowest BCUT2D eigenvalue weighted by Crippen LogP contribution is -2.50. The summed E-state index contributed by atoms with van der Waals surface area (Å²) < 4.78 is 0. The minimum atomic E-state index is -0.0612. The third-order valence-electron chi connectivity index (χ3n) is 4.92.